The van der Waals surface area contributed by atoms with Crippen LogP contribution in [0.25, 0.3) is 10.2 Å². The molecule has 3 heterocycles. The highest BCUT2D eigenvalue weighted by molar-refractivity contribution is 7.18. The molecule has 0 unspecified atom stereocenters. The zero-order valence-corrected chi connectivity index (χ0v) is 15.5. The number of aromatic nitrogens is 2. The fourth-order valence-electron chi connectivity index (χ4n) is 3.05. The van der Waals surface area contributed by atoms with E-state index in [-0.39, 0.29) is 18.1 Å². The van der Waals surface area contributed by atoms with Crippen LogP contribution in [0, 0.1) is 0 Å². The number of ether oxygens (including phenoxy) is 1. The highest BCUT2D eigenvalue weighted by Crippen LogP contribution is 2.36. The minimum absolute atomic E-state index is 0.286. The molecule has 0 atom stereocenters. The molecule has 136 valence electrons. The number of aryl methyl sites for hydroxylation is 1. The van der Waals surface area contributed by atoms with E-state index < -0.39 is 11.2 Å². The SMILES string of the molecule is Cn1c(=O)n(CC(=O)NCC[NH3+])c(=O)c2c3c(sc21)COC(C)(C)C3. The summed E-state index contributed by atoms with van der Waals surface area (Å²) >= 11 is 1.41. The number of carbonyl (C=O) groups is 1. The molecule has 3 rings (SSSR count). The lowest BCUT2D eigenvalue weighted by Crippen LogP contribution is -2.55. The maximum Gasteiger partial charge on any atom is 0.332 e. The summed E-state index contributed by atoms with van der Waals surface area (Å²) in [6.07, 6.45) is 0.601. The fraction of sp³-hybridized carbons (Fsp3) is 0.562. The molecular weight excluding hydrogens is 344 g/mol. The van der Waals surface area contributed by atoms with Crippen LogP contribution >= 0.6 is 11.3 Å². The van der Waals surface area contributed by atoms with Gasteiger partial charge in [0.05, 0.1) is 30.7 Å². The largest absolute Gasteiger partial charge is 0.370 e. The molecule has 1 amide bonds. The van der Waals surface area contributed by atoms with Gasteiger partial charge in [-0.2, -0.15) is 0 Å². The summed E-state index contributed by atoms with van der Waals surface area (Å²) in [6.45, 7) is 5.06. The topological polar surface area (TPSA) is 110 Å². The summed E-state index contributed by atoms with van der Waals surface area (Å²) in [5, 5.41) is 3.18. The van der Waals surface area contributed by atoms with Crippen molar-refractivity contribution in [1.29, 1.82) is 0 Å². The van der Waals surface area contributed by atoms with E-state index in [1.165, 1.54) is 15.9 Å². The number of rotatable bonds is 4. The zero-order valence-electron chi connectivity index (χ0n) is 14.7. The standard InChI is InChI=1S/C16H22N4O4S/c1-16(2)6-9-10(8-24-16)25-14-12(9)13(22)20(15(23)19(14)3)7-11(21)18-5-4-17/h4-8,17H2,1-3H3,(H,18,21)/p+1. The number of quaternary nitrogens is 1. The molecule has 1 aliphatic heterocycles. The van der Waals surface area contributed by atoms with Gasteiger partial charge < -0.3 is 15.8 Å². The Balaban J connectivity index is 2.16. The molecule has 2 aromatic heterocycles. The van der Waals surface area contributed by atoms with E-state index in [1.54, 1.807) is 7.05 Å². The number of carbonyl (C=O) groups excluding carboxylic acids is 1. The van der Waals surface area contributed by atoms with Gasteiger partial charge in [0.1, 0.15) is 11.4 Å². The predicted octanol–water partition coefficient (Wildman–Crippen LogP) is -1.03. The Morgan fingerprint density at radius 2 is 2.12 bits per heavy atom. The van der Waals surface area contributed by atoms with E-state index in [2.05, 4.69) is 11.1 Å². The quantitative estimate of drug-likeness (QED) is 0.720. The Kier molecular flexibility index (Phi) is 4.56. The van der Waals surface area contributed by atoms with E-state index in [9.17, 15) is 14.4 Å². The monoisotopic (exact) mass is 367 g/mol. The Labute approximate surface area is 148 Å². The number of hydrogen-bond acceptors (Lipinski definition) is 5. The van der Waals surface area contributed by atoms with Crippen molar-refractivity contribution < 1.29 is 15.3 Å². The molecule has 0 bridgehead atoms. The second-order valence-corrected chi connectivity index (χ2v) is 7.93. The minimum Gasteiger partial charge on any atom is -0.370 e. The van der Waals surface area contributed by atoms with Crippen molar-refractivity contribution in [3.8, 4) is 0 Å². The maximum atomic E-state index is 13.0. The van der Waals surface area contributed by atoms with Gasteiger partial charge >= 0.3 is 5.69 Å². The number of nitrogens with one attached hydrogen (secondary N) is 1. The van der Waals surface area contributed by atoms with Crippen LogP contribution in [0.2, 0.25) is 0 Å². The second-order valence-electron chi connectivity index (χ2n) is 6.85. The van der Waals surface area contributed by atoms with E-state index in [4.69, 9.17) is 4.74 Å². The van der Waals surface area contributed by atoms with Crippen molar-refractivity contribution in [1.82, 2.24) is 14.5 Å². The van der Waals surface area contributed by atoms with Crippen LogP contribution in [0.4, 0.5) is 0 Å². The Morgan fingerprint density at radius 1 is 1.40 bits per heavy atom. The Bertz CT molecular complexity index is 954. The third kappa shape index (κ3) is 3.14. The molecule has 0 saturated heterocycles. The van der Waals surface area contributed by atoms with E-state index in [1.807, 2.05) is 13.8 Å². The van der Waals surface area contributed by atoms with Gasteiger partial charge in [-0.15, -0.1) is 11.3 Å². The first-order valence-corrected chi connectivity index (χ1v) is 9.01. The molecule has 0 saturated carbocycles. The molecule has 0 aromatic carbocycles. The molecule has 4 N–H and O–H groups in total. The summed E-state index contributed by atoms with van der Waals surface area (Å²) in [5.74, 6) is -0.366. The summed E-state index contributed by atoms with van der Waals surface area (Å²) in [7, 11) is 1.63. The smallest absolute Gasteiger partial charge is 0.332 e. The van der Waals surface area contributed by atoms with Gasteiger partial charge in [0.15, 0.2) is 0 Å². The number of hydrogen-bond donors (Lipinski definition) is 2. The summed E-state index contributed by atoms with van der Waals surface area (Å²) in [5.41, 5.74) is 3.33. The summed E-state index contributed by atoms with van der Waals surface area (Å²) in [4.78, 5) is 39.1. The highest BCUT2D eigenvalue weighted by Gasteiger charge is 2.31. The van der Waals surface area contributed by atoms with Crippen LogP contribution < -0.4 is 22.3 Å². The highest BCUT2D eigenvalue weighted by atomic mass is 32.1. The van der Waals surface area contributed by atoms with E-state index in [0.717, 1.165) is 15.0 Å². The molecule has 2 aromatic rings. The number of thiophene rings is 1. The number of nitrogens with zero attached hydrogens (tertiary/aromatic N) is 2. The van der Waals surface area contributed by atoms with Gasteiger partial charge in [-0.3, -0.25) is 18.7 Å². The maximum absolute atomic E-state index is 13.0. The van der Waals surface area contributed by atoms with Crippen LogP contribution in [-0.4, -0.2) is 33.7 Å². The molecule has 0 fully saturated rings. The van der Waals surface area contributed by atoms with Crippen LogP contribution in [0.1, 0.15) is 24.3 Å². The van der Waals surface area contributed by atoms with Crippen molar-refractivity contribution in [3.05, 3.63) is 31.3 Å². The van der Waals surface area contributed by atoms with E-state index in [0.29, 0.717) is 36.3 Å². The zero-order chi connectivity index (χ0) is 18.4. The van der Waals surface area contributed by atoms with Crippen molar-refractivity contribution >= 4 is 27.5 Å². The van der Waals surface area contributed by atoms with Crippen LogP contribution in [0.3, 0.4) is 0 Å². The molecular formula is C16H23N4O4S+. The van der Waals surface area contributed by atoms with Crippen LogP contribution in [-0.2, 0) is 36.2 Å². The lowest BCUT2D eigenvalue weighted by Gasteiger charge is -2.29. The van der Waals surface area contributed by atoms with Crippen LogP contribution in [0.15, 0.2) is 9.59 Å². The lowest BCUT2D eigenvalue weighted by atomic mass is 9.94. The van der Waals surface area contributed by atoms with E-state index >= 15 is 0 Å². The first-order valence-electron chi connectivity index (χ1n) is 8.19. The molecule has 0 spiro atoms. The van der Waals surface area contributed by atoms with Crippen molar-refractivity contribution in [2.24, 2.45) is 7.05 Å². The first kappa shape index (κ1) is 17.8. The molecule has 8 nitrogen and oxygen atoms in total. The van der Waals surface area contributed by atoms with Gasteiger partial charge in [0.2, 0.25) is 5.91 Å². The average molecular weight is 367 g/mol. The molecule has 9 heteroatoms. The predicted molar refractivity (Wildman–Crippen MR) is 94.7 cm³/mol. The van der Waals surface area contributed by atoms with Crippen LogP contribution in [0.5, 0.6) is 0 Å². The lowest BCUT2D eigenvalue weighted by molar-refractivity contribution is -0.364. The van der Waals surface area contributed by atoms with Crippen molar-refractivity contribution in [2.75, 3.05) is 13.1 Å². The van der Waals surface area contributed by atoms with Crippen molar-refractivity contribution in [2.45, 2.75) is 39.0 Å². The van der Waals surface area contributed by atoms with Gasteiger partial charge in [-0.05, 0) is 19.4 Å². The number of fused-ring (bicyclic) bond motifs is 3. The summed E-state index contributed by atoms with van der Waals surface area (Å²) < 4.78 is 8.27. The first-order chi connectivity index (χ1) is 11.7. The second kappa shape index (κ2) is 6.40. The fourth-order valence-corrected chi connectivity index (χ4v) is 4.23. The van der Waals surface area contributed by atoms with Crippen molar-refractivity contribution in [3.63, 3.8) is 0 Å². The normalized spacial score (nSPS) is 16.0. The third-order valence-corrected chi connectivity index (χ3v) is 5.63. The van der Waals surface area contributed by atoms with Gasteiger partial charge in [0.25, 0.3) is 5.56 Å². The Hall–Kier alpha value is -1.97. The molecule has 25 heavy (non-hydrogen) atoms. The van der Waals surface area contributed by atoms with Gasteiger partial charge in [0, 0.05) is 18.3 Å². The molecule has 1 aliphatic rings. The number of amides is 1. The average Bonchev–Trinajstić information content (AvgIpc) is 2.92. The minimum atomic E-state index is -0.485. The van der Waals surface area contributed by atoms with Gasteiger partial charge in [-0.1, -0.05) is 0 Å². The molecule has 0 aliphatic carbocycles. The summed E-state index contributed by atoms with van der Waals surface area (Å²) in [6, 6.07) is 0. The van der Waals surface area contributed by atoms with Gasteiger partial charge in [-0.25, -0.2) is 4.79 Å². The molecule has 0 radical (unpaired) electrons. The third-order valence-electron chi connectivity index (χ3n) is 4.35. The Morgan fingerprint density at radius 3 is 2.80 bits per heavy atom.